The van der Waals surface area contributed by atoms with Crippen molar-refractivity contribution in [1.29, 1.82) is 0 Å². The van der Waals surface area contributed by atoms with Gasteiger partial charge in [-0.15, -0.1) is 0 Å². The average molecular weight is 174 g/mol. The lowest BCUT2D eigenvalue weighted by Gasteiger charge is -2.04. The van der Waals surface area contributed by atoms with Crippen LogP contribution in [0.3, 0.4) is 0 Å². The van der Waals surface area contributed by atoms with Crippen LogP contribution in [-0.2, 0) is 0 Å². The van der Waals surface area contributed by atoms with Gasteiger partial charge < -0.3 is 14.8 Å². The number of hydrogen-bond acceptors (Lipinski definition) is 4. The van der Waals surface area contributed by atoms with Gasteiger partial charge in [0.05, 0.1) is 17.3 Å². The average Bonchev–Trinajstić information content (AvgIpc) is 2.05. The van der Waals surface area contributed by atoms with E-state index in [0.717, 1.165) is 6.07 Å². The van der Waals surface area contributed by atoms with E-state index < -0.39 is 31.3 Å². The molecule has 2 N–H and O–H groups in total. The van der Waals surface area contributed by atoms with Gasteiger partial charge in [0.1, 0.15) is 5.82 Å². The summed E-state index contributed by atoms with van der Waals surface area (Å²) in [7, 11) is -4.83. The van der Waals surface area contributed by atoms with E-state index in [0.29, 0.717) is 6.20 Å². The summed E-state index contributed by atoms with van der Waals surface area (Å²) in [5.74, 6) is -1.36. The number of hydrogen-bond donors (Lipinski definition) is 2. The first kappa shape index (κ1) is 5.50. The highest BCUT2D eigenvalue weighted by atomic mass is 19.1. The van der Waals surface area contributed by atoms with Crippen molar-refractivity contribution >= 4 is 12.6 Å². The minimum absolute atomic E-state index is 0.439. The van der Waals surface area contributed by atoms with E-state index >= 15 is 0 Å². The standard InChI is InChI=1S/C6H7BFNO3/c1-12-6-5(7(10)11)2-4(8)3-9-6/h2-3,10-11H,1H3/i1D3. The quantitative estimate of drug-likeness (QED) is 0.559. The van der Waals surface area contributed by atoms with Gasteiger partial charge in [0, 0.05) is 5.46 Å². The van der Waals surface area contributed by atoms with Crippen molar-refractivity contribution in [3.63, 3.8) is 0 Å². The first-order valence-electron chi connectivity index (χ1n) is 4.50. The van der Waals surface area contributed by atoms with Crippen LogP contribution in [0.25, 0.3) is 0 Å². The maximum atomic E-state index is 12.7. The summed E-state index contributed by atoms with van der Waals surface area (Å²) in [5.41, 5.74) is -0.439. The second kappa shape index (κ2) is 3.51. The van der Waals surface area contributed by atoms with Crippen molar-refractivity contribution in [3.05, 3.63) is 18.1 Å². The van der Waals surface area contributed by atoms with Gasteiger partial charge >= 0.3 is 7.12 Å². The molecular weight excluding hydrogens is 164 g/mol. The fraction of sp³-hybridized carbons (Fsp3) is 0.167. The zero-order chi connectivity index (χ0) is 11.6. The Morgan fingerprint density at radius 3 is 3.08 bits per heavy atom. The Hall–Kier alpha value is -1.14. The molecule has 1 aromatic heterocycles. The fourth-order valence-corrected chi connectivity index (χ4v) is 0.713. The Morgan fingerprint density at radius 1 is 1.75 bits per heavy atom. The number of nitrogens with zero attached hydrogens (tertiary/aromatic N) is 1. The molecule has 0 aliphatic heterocycles. The molecule has 1 aromatic rings. The van der Waals surface area contributed by atoms with Crippen LogP contribution in [-0.4, -0.2) is 29.2 Å². The normalized spacial score (nSPS) is 14.4. The minimum atomic E-state index is -2.78. The SMILES string of the molecule is [2H]C([2H])([2H])Oc1ncc(F)cc1B(O)O. The molecule has 0 saturated heterocycles. The van der Waals surface area contributed by atoms with Gasteiger partial charge in [0.2, 0.25) is 5.88 Å². The van der Waals surface area contributed by atoms with Crippen molar-refractivity contribution in [3.8, 4) is 5.88 Å². The van der Waals surface area contributed by atoms with E-state index in [1.165, 1.54) is 0 Å². The van der Waals surface area contributed by atoms with E-state index in [-0.39, 0.29) is 0 Å². The third-order valence-corrected chi connectivity index (χ3v) is 1.22. The van der Waals surface area contributed by atoms with Gasteiger partial charge in [-0.05, 0) is 6.07 Å². The zero-order valence-electron chi connectivity index (χ0n) is 8.86. The summed E-state index contributed by atoms with van der Waals surface area (Å²) in [6.07, 6.45) is 0.715. The molecule has 1 rings (SSSR count). The van der Waals surface area contributed by atoms with Crippen molar-refractivity contribution in [2.45, 2.75) is 0 Å². The molecular formula is C6H7BFNO3. The molecule has 0 aromatic carbocycles. The van der Waals surface area contributed by atoms with Crippen LogP contribution < -0.4 is 10.2 Å². The van der Waals surface area contributed by atoms with Gasteiger partial charge in [-0.25, -0.2) is 9.37 Å². The molecule has 0 saturated carbocycles. The van der Waals surface area contributed by atoms with Crippen LogP contribution in [0, 0.1) is 5.82 Å². The maximum Gasteiger partial charge on any atom is 0.494 e. The van der Waals surface area contributed by atoms with Crippen molar-refractivity contribution in [1.82, 2.24) is 4.98 Å². The molecule has 0 amide bonds. The molecule has 0 unspecified atom stereocenters. The third kappa shape index (κ3) is 1.72. The van der Waals surface area contributed by atoms with E-state index in [4.69, 9.17) is 14.2 Å². The summed E-state index contributed by atoms with van der Waals surface area (Å²) in [6.45, 7) is 0. The molecule has 1 heterocycles. The lowest BCUT2D eigenvalue weighted by atomic mass is 9.81. The van der Waals surface area contributed by atoms with Crippen LogP contribution in [0.4, 0.5) is 4.39 Å². The van der Waals surface area contributed by atoms with Crippen LogP contribution in [0.5, 0.6) is 5.88 Å². The van der Waals surface area contributed by atoms with Crippen molar-refractivity contribution < 1.29 is 23.3 Å². The zero-order valence-corrected chi connectivity index (χ0v) is 5.86. The van der Waals surface area contributed by atoms with E-state index in [9.17, 15) is 4.39 Å². The lowest BCUT2D eigenvalue weighted by molar-refractivity contribution is 0.389. The summed E-state index contributed by atoms with van der Waals surface area (Å²) in [6, 6.07) is 0.735. The maximum absolute atomic E-state index is 12.7. The lowest BCUT2D eigenvalue weighted by Crippen LogP contribution is -2.32. The Balaban J connectivity index is 3.06. The Bertz CT molecular complexity index is 360. The molecule has 0 bridgehead atoms. The van der Waals surface area contributed by atoms with Gasteiger partial charge in [-0.2, -0.15) is 0 Å². The monoisotopic (exact) mass is 174 g/mol. The highest BCUT2D eigenvalue weighted by Crippen LogP contribution is 2.03. The molecule has 0 aliphatic rings. The Morgan fingerprint density at radius 2 is 2.50 bits per heavy atom. The Labute approximate surface area is 73.0 Å². The topological polar surface area (TPSA) is 62.6 Å². The number of pyridine rings is 1. The van der Waals surface area contributed by atoms with Crippen molar-refractivity contribution in [2.75, 3.05) is 7.04 Å². The summed E-state index contributed by atoms with van der Waals surface area (Å²) >= 11 is 0. The molecule has 64 valence electrons. The number of aromatic nitrogens is 1. The molecule has 0 atom stereocenters. The van der Waals surface area contributed by atoms with E-state index in [1.807, 2.05) is 0 Å². The van der Waals surface area contributed by atoms with Crippen LogP contribution in [0.2, 0.25) is 0 Å². The van der Waals surface area contributed by atoms with E-state index in [1.54, 1.807) is 0 Å². The van der Waals surface area contributed by atoms with Gasteiger partial charge in [0.15, 0.2) is 0 Å². The smallest absolute Gasteiger partial charge is 0.481 e. The molecule has 0 spiro atoms. The van der Waals surface area contributed by atoms with Crippen molar-refractivity contribution in [2.24, 2.45) is 0 Å². The molecule has 0 aliphatic carbocycles. The fourth-order valence-electron chi connectivity index (χ4n) is 0.713. The number of methoxy groups -OCH3 is 1. The molecule has 0 fully saturated rings. The summed E-state index contributed by atoms with van der Waals surface area (Å²) in [5, 5.41) is 17.6. The number of halogens is 1. The molecule has 6 heteroatoms. The molecule has 12 heavy (non-hydrogen) atoms. The number of rotatable bonds is 2. The third-order valence-electron chi connectivity index (χ3n) is 1.22. The predicted molar refractivity (Wildman–Crippen MR) is 40.6 cm³/mol. The van der Waals surface area contributed by atoms with Gasteiger partial charge in [-0.1, -0.05) is 0 Å². The van der Waals surface area contributed by atoms with Gasteiger partial charge in [-0.3, -0.25) is 0 Å². The van der Waals surface area contributed by atoms with Gasteiger partial charge in [0.25, 0.3) is 0 Å². The molecule has 0 radical (unpaired) electrons. The first-order valence-corrected chi connectivity index (χ1v) is 3.00. The summed E-state index contributed by atoms with van der Waals surface area (Å²) < 4.78 is 37.3. The van der Waals surface area contributed by atoms with Crippen LogP contribution >= 0.6 is 0 Å². The number of ether oxygens (including phenoxy) is 1. The van der Waals surface area contributed by atoms with Crippen LogP contribution in [0.15, 0.2) is 12.3 Å². The minimum Gasteiger partial charge on any atom is -0.481 e. The highest BCUT2D eigenvalue weighted by molar-refractivity contribution is 6.59. The van der Waals surface area contributed by atoms with Crippen LogP contribution in [0.1, 0.15) is 4.11 Å². The second-order valence-electron chi connectivity index (χ2n) is 2.02. The van der Waals surface area contributed by atoms with E-state index in [2.05, 4.69) is 9.72 Å². The first-order chi connectivity index (χ1) is 6.79. The largest absolute Gasteiger partial charge is 0.494 e. The second-order valence-corrected chi connectivity index (χ2v) is 2.02. The Kier molecular flexibility index (Phi) is 1.61. The molecule has 4 nitrogen and oxygen atoms in total. The summed E-state index contributed by atoms with van der Waals surface area (Å²) in [4.78, 5) is 3.31. The predicted octanol–water partition coefficient (Wildman–Crippen LogP) is -1.09. The highest BCUT2D eigenvalue weighted by Gasteiger charge is 2.18.